The van der Waals surface area contributed by atoms with Gasteiger partial charge < -0.3 is 10.3 Å². The molecule has 0 bridgehead atoms. The molecule has 0 atom stereocenters. The molecule has 3 nitrogen and oxygen atoms in total. The van der Waals surface area contributed by atoms with Gasteiger partial charge in [0.1, 0.15) is 5.82 Å². The Morgan fingerprint density at radius 1 is 1.32 bits per heavy atom. The summed E-state index contributed by atoms with van der Waals surface area (Å²) in [5, 5.41) is 2.06. The van der Waals surface area contributed by atoms with E-state index in [2.05, 4.69) is 23.4 Å². The SMILES string of the molecule is Cc1cc2c(cc1F)nc(N)n2Cc1sccc1C. The molecule has 2 heterocycles. The first-order chi connectivity index (χ1) is 9.06. The lowest BCUT2D eigenvalue weighted by Gasteiger charge is -2.06. The number of nitrogens with two attached hydrogens (primary N) is 1. The minimum absolute atomic E-state index is 0.246. The Kier molecular flexibility index (Phi) is 2.78. The molecular weight excluding hydrogens is 261 g/mol. The van der Waals surface area contributed by atoms with Gasteiger partial charge in [-0.1, -0.05) is 0 Å². The third kappa shape index (κ3) is 2.00. The molecule has 0 radical (unpaired) electrons. The number of benzene rings is 1. The fourth-order valence-electron chi connectivity index (χ4n) is 2.14. The summed E-state index contributed by atoms with van der Waals surface area (Å²) in [6.45, 7) is 4.50. The van der Waals surface area contributed by atoms with Crippen molar-refractivity contribution in [3.8, 4) is 0 Å². The van der Waals surface area contributed by atoms with Gasteiger partial charge in [0.2, 0.25) is 5.95 Å². The van der Waals surface area contributed by atoms with Crippen molar-refractivity contribution in [3.05, 3.63) is 45.4 Å². The van der Waals surface area contributed by atoms with Crippen molar-refractivity contribution in [1.29, 1.82) is 0 Å². The van der Waals surface area contributed by atoms with Gasteiger partial charge in [0, 0.05) is 10.9 Å². The van der Waals surface area contributed by atoms with E-state index in [4.69, 9.17) is 5.73 Å². The molecule has 0 spiro atoms. The molecular formula is C14H14FN3S. The monoisotopic (exact) mass is 275 g/mol. The zero-order chi connectivity index (χ0) is 13.6. The van der Waals surface area contributed by atoms with Crippen molar-refractivity contribution in [2.45, 2.75) is 20.4 Å². The quantitative estimate of drug-likeness (QED) is 0.778. The first kappa shape index (κ1) is 12.2. The number of thiophene rings is 1. The molecule has 0 saturated heterocycles. The fourth-order valence-corrected chi connectivity index (χ4v) is 3.04. The third-order valence-electron chi connectivity index (χ3n) is 3.33. The zero-order valence-electron chi connectivity index (χ0n) is 10.8. The third-order valence-corrected chi connectivity index (χ3v) is 4.34. The average molecular weight is 275 g/mol. The van der Waals surface area contributed by atoms with E-state index in [1.165, 1.54) is 16.5 Å². The molecule has 5 heteroatoms. The molecule has 0 unspecified atom stereocenters. The number of rotatable bonds is 2. The second-order valence-corrected chi connectivity index (χ2v) is 5.67. The van der Waals surface area contributed by atoms with E-state index >= 15 is 0 Å². The average Bonchev–Trinajstić information content (AvgIpc) is 2.88. The van der Waals surface area contributed by atoms with E-state index in [-0.39, 0.29) is 5.82 Å². The minimum Gasteiger partial charge on any atom is -0.369 e. The number of anilines is 1. The van der Waals surface area contributed by atoms with Crippen LogP contribution in [-0.2, 0) is 6.54 Å². The lowest BCUT2D eigenvalue weighted by molar-refractivity contribution is 0.620. The van der Waals surface area contributed by atoms with Gasteiger partial charge in [-0.05, 0) is 42.5 Å². The van der Waals surface area contributed by atoms with Crippen LogP contribution in [0.15, 0.2) is 23.6 Å². The van der Waals surface area contributed by atoms with Crippen LogP contribution in [0, 0.1) is 19.7 Å². The molecule has 19 heavy (non-hydrogen) atoms. The van der Waals surface area contributed by atoms with Crippen LogP contribution in [-0.4, -0.2) is 9.55 Å². The number of imidazole rings is 1. The summed E-state index contributed by atoms with van der Waals surface area (Å²) in [6, 6.07) is 5.33. The number of nitrogens with zero attached hydrogens (tertiary/aromatic N) is 2. The van der Waals surface area contributed by atoms with E-state index in [9.17, 15) is 4.39 Å². The normalized spacial score (nSPS) is 11.3. The number of aromatic nitrogens is 2. The Morgan fingerprint density at radius 2 is 2.11 bits per heavy atom. The minimum atomic E-state index is -0.246. The largest absolute Gasteiger partial charge is 0.369 e. The first-order valence-corrected chi connectivity index (χ1v) is 6.89. The highest BCUT2D eigenvalue weighted by Crippen LogP contribution is 2.25. The van der Waals surface area contributed by atoms with Crippen LogP contribution in [0.2, 0.25) is 0 Å². The predicted octanol–water partition coefficient (Wildman–Crippen LogP) is 3.48. The molecule has 3 aromatic rings. The van der Waals surface area contributed by atoms with Gasteiger partial charge >= 0.3 is 0 Å². The number of fused-ring (bicyclic) bond motifs is 1. The Balaban J connectivity index is 2.15. The van der Waals surface area contributed by atoms with Gasteiger partial charge in [-0.25, -0.2) is 9.37 Å². The Bertz CT molecular complexity index is 757. The maximum Gasteiger partial charge on any atom is 0.201 e. The molecule has 2 aromatic heterocycles. The number of hydrogen-bond donors (Lipinski definition) is 1. The van der Waals surface area contributed by atoms with Gasteiger partial charge in [-0.2, -0.15) is 0 Å². The molecule has 2 N–H and O–H groups in total. The smallest absolute Gasteiger partial charge is 0.201 e. The van der Waals surface area contributed by atoms with Crippen LogP contribution in [0.25, 0.3) is 11.0 Å². The summed E-state index contributed by atoms with van der Waals surface area (Å²) in [5.74, 6) is 0.178. The van der Waals surface area contributed by atoms with Crippen molar-refractivity contribution < 1.29 is 4.39 Å². The van der Waals surface area contributed by atoms with Crippen molar-refractivity contribution in [1.82, 2.24) is 9.55 Å². The lowest BCUT2D eigenvalue weighted by Crippen LogP contribution is -2.04. The topological polar surface area (TPSA) is 43.8 Å². The van der Waals surface area contributed by atoms with E-state index in [0.29, 0.717) is 23.6 Å². The molecule has 1 aromatic carbocycles. The highest BCUT2D eigenvalue weighted by molar-refractivity contribution is 7.10. The van der Waals surface area contributed by atoms with Crippen molar-refractivity contribution in [3.63, 3.8) is 0 Å². The fraction of sp³-hybridized carbons (Fsp3) is 0.214. The van der Waals surface area contributed by atoms with Crippen molar-refractivity contribution in [2.75, 3.05) is 5.73 Å². The van der Waals surface area contributed by atoms with E-state index < -0.39 is 0 Å². The molecule has 0 saturated carbocycles. The Morgan fingerprint density at radius 3 is 2.79 bits per heavy atom. The molecule has 0 aliphatic heterocycles. The molecule has 0 aliphatic carbocycles. The molecule has 98 valence electrons. The van der Waals surface area contributed by atoms with Gasteiger partial charge in [-0.15, -0.1) is 11.3 Å². The first-order valence-electron chi connectivity index (χ1n) is 6.01. The van der Waals surface area contributed by atoms with Crippen LogP contribution < -0.4 is 5.73 Å². The standard InChI is InChI=1S/C14H14FN3S/c1-8-3-4-19-13(8)7-18-12-5-9(2)10(15)6-11(12)17-14(18)16/h3-6H,7H2,1-2H3,(H2,16,17). The van der Waals surface area contributed by atoms with Crippen LogP contribution in [0.1, 0.15) is 16.0 Å². The molecule has 0 aliphatic rings. The number of aryl methyl sites for hydroxylation is 2. The van der Waals surface area contributed by atoms with Crippen molar-refractivity contribution in [2.24, 2.45) is 0 Å². The predicted molar refractivity (Wildman–Crippen MR) is 77.0 cm³/mol. The Hall–Kier alpha value is -1.88. The van der Waals surface area contributed by atoms with Crippen LogP contribution in [0.3, 0.4) is 0 Å². The summed E-state index contributed by atoms with van der Waals surface area (Å²) < 4.78 is 15.5. The van der Waals surface area contributed by atoms with Crippen LogP contribution in [0.5, 0.6) is 0 Å². The number of hydrogen-bond acceptors (Lipinski definition) is 3. The second kappa shape index (κ2) is 4.35. The summed E-state index contributed by atoms with van der Waals surface area (Å²) >= 11 is 1.69. The summed E-state index contributed by atoms with van der Waals surface area (Å²) in [7, 11) is 0. The Labute approximate surface area is 114 Å². The summed E-state index contributed by atoms with van der Waals surface area (Å²) in [4.78, 5) is 5.47. The van der Waals surface area contributed by atoms with E-state index in [1.807, 2.05) is 4.57 Å². The lowest BCUT2D eigenvalue weighted by atomic mass is 10.2. The molecule has 3 rings (SSSR count). The summed E-state index contributed by atoms with van der Waals surface area (Å²) in [6.07, 6.45) is 0. The zero-order valence-corrected chi connectivity index (χ0v) is 11.6. The van der Waals surface area contributed by atoms with Gasteiger partial charge in [0.15, 0.2) is 0 Å². The highest BCUT2D eigenvalue weighted by atomic mass is 32.1. The van der Waals surface area contributed by atoms with E-state index in [0.717, 1.165) is 5.52 Å². The van der Waals surface area contributed by atoms with E-state index in [1.54, 1.807) is 24.3 Å². The number of halogens is 1. The number of nitrogen functional groups attached to an aromatic ring is 1. The van der Waals surface area contributed by atoms with Crippen LogP contribution in [0.4, 0.5) is 10.3 Å². The highest BCUT2D eigenvalue weighted by Gasteiger charge is 2.12. The van der Waals surface area contributed by atoms with Crippen LogP contribution >= 0.6 is 11.3 Å². The second-order valence-electron chi connectivity index (χ2n) is 4.67. The maximum absolute atomic E-state index is 13.5. The van der Waals surface area contributed by atoms with Gasteiger partial charge in [0.05, 0.1) is 17.6 Å². The summed E-state index contributed by atoms with van der Waals surface area (Å²) in [5.41, 5.74) is 9.29. The van der Waals surface area contributed by atoms with Gasteiger partial charge in [-0.3, -0.25) is 0 Å². The van der Waals surface area contributed by atoms with Gasteiger partial charge in [0.25, 0.3) is 0 Å². The molecule has 0 fully saturated rings. The maximum atomic E-state index is 13.5. The van der Waals surface area contributed by atoms with Crippen molar-refractivity contribution >= 4 is 28.3 Å². The molecule has 0 amide bonds.